The van der Waals surface area contributed by atoms with Crippen LogP contribution in [0.15, 0.2) is 103 Å². The van der Waals surface area contributed by atoms with E-state index in [0.717, 1.165) is 24.2 Å². The molecule has 1 amide bonds. The van der Waals surface area contributed by atoms with Gasteiger partial charge in [0.25, 0.3) is 0 Å². The molecular formula is C33H30F2N2O2. The van der Waals surface area contributed by atoms with Crippen LogP contribution < -0.4 is 10.2 Å². The van der Waals surface area contributed by atoms with Gasteiger partial charge in [-0.15, -0.1) is 0 Å². The fraction of sp³-hybridized carbons (Fsp3) is 0.212. The molecule has 0 saturated carbocycles. The Balaban J connectivity index is 1.45. The average molecular weight is 525 g/mol. The number of hydrogen-bond acceptors (Lipinski definition) is 3. The van der Waals surface area contributed by atoms with Crippen molar-refractivity contribution >= 4 is 17.4 Å². The Morgan fingerprint density at radius 1 is 0.744 bits per heavy atom. The normalized spacial score (nSPS) is 13.9. The van der Waals surface area contributed by atoms with Crippen molar-refractivity contribution in [3.63, 3.8) is 0 Å². The summed E-state index contributed by atoms with van der Waals surface area (Å²) in [6.07, 6.45) is 1.13. The summed E-state index contributed by atoms with van der Waals surface area (Å²) in [6.45, 7) is 1.62. The number of ketones is 1. The Kier molecular flexibility index (Phi) is 8.11. The molecule has 0 aliphatic carbocycles. The monoisotopic (exact) mass is 524 g/mol. The van der Waals surface area contributed by atoms with Crippen molar-refractivity contribution < 1.29 is 18.4 Å². The van der Waals surface area contributed by atoms with E-state index in [-0.39, 0.29) is 24.7 Å². The Morgan fingerprint density at radius 2 is 1.33 bits per heavy atom. The van der Waals surface area contributed by atoms with Gasteiger partial charge in [0.15, 0.2) is 0 Å². The van der Waals surface area contributed by atoms with Gasteiger partial charge in [-0.2, -0.15) is 0 Å². The van der Waals surface area contributed by atoms with Gasteiger partial charge in [-0.1, -0.05) is 72.8 Å². The Morgan fingerprint density at radius 3 is 2.00 bits per heavy atom. The van der Waals surface area contributed by atoms with Crippen LogP contribution in [-0.2, 0) is 22.6 Å². The number of benzene rings is 4. The lowest BCUT2D eigenvalue weighted by Crippen LogP contribution is -2.36. The van der Waals surface area contributed by atoms with Crippen molar-refractivity contribution in [3.8, 4) is 0 Å². The highest BCUT2D eigenvalue weighted by Crippen LogP contribution is 2.36. The average Bonchev–Trinajstić information content (AvgIpc) is 3.38. The minimum atomic E-state index is -0.918. The number of carbonyl (C=O) groups is 2. The lowest BCUT2D eigenvalue weighted by Gasteiger charge is -2.28. The van der Waals surface area contributed by atoms with Gasteiger partial charge in [-0.3, -0.25) is 9.59 Å². The Bertz CT molecular complexity index is 1420. The van der Waals surface area contributed by atoms with Crippen molar-refractivity contribution in [3.05, 3.63) is 137 Å². The first-order valence-corrected chi connectivity index (χ1v) is 13.2. The predicted octanol–water partition coefficient (Wildman–Crippen LogP) is 6.17. The summed E-state index contributed by atoms with van der Waals surface area (Å²) < 4.78 is 27.7. The summed E-state index contributed by atoms with van der Waals surface area (Å²) in [5, 5.41) is 2.97. The number of hydrogen-bond donors (Lipinski definition) is 1. The molecule has 0 radical (unpaired) electrons. The molecule has 4 aromatic rings. The summed E-state index contributed by atoms with van der Waals surface area (Å²) in [4.78, 5) is 29.9. The SMILES string of the molecule is O=C(CCN1CCc2ccccc21)[C@H](c1ccc(F)cc1)[C@@H](C(=O)NCc1ccccc1)c1ccc(F)cc1. The van der Waals surface area contributed by atoms with Crippen LogP contribution in [0.3, 0.4) is 0 Å². The number of carbonyl (C=O) groups excluding carboxylic acids is 2. The molecule has 4 nitrogen and oxygen atoms in total. The zero-order chi connectivity index (χ0) is 27.2. The van der Waals surface area contributed by atoms with E-state index in [4.69, 9.17) is 0 Å². The van der Waals surface area contributed by atoms with Crippen LogP contribution in [0, 0.1) is 11.6 Å². The van der Waals surface area contributed by atoms with Crippen LogP contribution in [0.5, 0.6) is 0 Å². The van der Waals surface area contributed by atoms with Crippen molar-refractivity contribution in [1.29, 1.82) is 0 Å². The van der Waals surface area contributed by atoms with Gasteiger partial charge < -0.3 is 10.2 Å². The summed E-state index contributed by atoms with van der Waals surface area (Å²) in [5.41, 5.74) is 4.37. The second-order valence-electron chi connectivity index (χ2n) is 9.84. The smallest absolute Gasteiger partial charge is 0.228 e. The van der Waals surface area contributed by atoms with Crippen LogP contribution in [0.2, 0.25) is 0 Å². The van der Waals surface area contributed by atoms with E-state index in [1.165, 1.54) is 29.8 Å². The second-order valence-corrected chi connectivity index (χ2v) is 9.84. The van der Waals surface area contributed by atoms with Gasteiger partial charge in [-0.05, 0) is 59.0 Å². The molecule has 39 heavy (non-hydrogen) atoms. The van der Waals surface area contributed by atoms with E-state index in [1.807, 2.05) is 42.5 Å². The Hall–Kier alpha value is -4.32. The Labute approximate surface area is 227 Å². The summed E-state index contributed by atoms with van der Waals surface area (Å²) in [7, 11) is 0. The molecule has 0 bridgehead atoms. The lowest BCUT2D eigenvalue weighted by atomic mass is 9.77. The summed E-state index contributed by atoms with van der Waals surface area (Å²) in [6, 6.07) is 29.0. The van der Waals surface area contributed by atoms with E-state index in [2.05, 4.69) is 22.3 Å². The molecular weight excluding hydrogens is 494 g/mol. The molecule has 0 spiro atoms. The van der Waals surface area contributed by atoms with E-state index < -0.39 is 23.5 Å². The first-order valence-electron chi connectivity index (χ1n) is 13.2. The van der Waals surface area contributed by atoms with E-state index in [1.54, 1.807) is 24.3 Å². The standard InChI is InChI=1S/C33H30F2N2O2/c34-27-14-10-25(11-15-27)31(30(38)19-21-37-20-18-24-8-4-5-9-29(24)37)32(26-12-16-28(35)17-13-26)33(39)36-22-23-6-2-1-3-7-23/h1-17,31-32H,18-22H2,(H,36,39)/t31-,32-/m0/s1. The highest BCUT2D eigenvalue weighted by atomic mass is 19.1. The molecule has 1 heterocycles. The summed E-state index contributed by atoms with van der Waals surface area (Å²) in [5.74, 6) is -3.12. The second kappa shape index (κ2) is 12.0. The molecule has 1 aliphatic heterocycles. The third kappa shape index (κ3) is 6.23. The van der Waals surface area contributed by atoms with E-state index in [9.17, 15) is 18.4 Å². The number of amides is 1. The minimum Gasteiger partial charge on any atom is -0.371 e. The zero-order valence-electron chi connectivity index (χ0n) is 21.5. The number of Topliss-reactive ketones (excluding diaryl/α,β-unsaturated/α-hetero) is 1. The molecule has 5 rings (SSSR count). The van der Waals surface area contributed by atoms with Crippen LogP contribution in [0.4, 0.5) is 14.5 Å². The number of para-hydroxylation sites is 1. The van der Waals surface area contributed by atoms with E-state index in [0.29, 0.717) is 17.7 Å². The van der Waals surface area contributed by atoms with Gasteiger partial charge in [0.2, 0.25) is 5.91 Å². The number of rotatable bonds is 10. The van der Waals surface area contributed by atoms with Crippen molar-refractivity contribution in [2.45, 2.75) is 31.2 Å². The van der Waals surface area contributed by atoms with Crippen LogP contribution >= 0.6 is 0 Å². The molecule has 2 atom stereocenters. The number of fused-ring (bicyclic) bond motifs is 1. The van der Waals surface area contributed by atoms with Crippen molar-refractivity contribution in [2.75, 3.05) is 18.0 Å². The topological polar surface area (TPSA) is 49.4 Å². The minimum absolute atomic E-state index is 0.129. The van der Waals surface area contributed by atoms with Crippen LogP contribution in [0.25, 0.3) is 0 Å². The highest BCUT2D eigenvalue weighted by Gasteiger charge is 2.36. The third-order valence-corrected chi connectivity index (χ3v) is 7.34. The number of nitrogens with one attached hydrogen (secondary N) is 1. The first kappa shape index (κ1) is 26.3. The molecule has 0 aromatic heterocycles. The number of nitrogens with zero attached hydrogens (tertiary/aromatic N) is 1. The number of anilines is 1. The van der Waals surface area contributed by atoms with Crippen LogP contribution in [0.1, 0.15) is 40.5 Å². The molecule has 1 N–H and O–H groups in total. The van der Waals surface area contributed by atoms with Gasteiger partial charge in [-0.25, -0.2) is 8.78 Å². The molecule has 0 unspecified atom stereocenters. The molecule has 0 saturated heterocycles. The molecule has 4 aromatic carbocycles. The fourth-order valence-corrected chi connectivity index (χ4v) is 5.33. The molecule has 0 fully saturated rings. The van der Waals surface area contributed by atoms with Crippen LogP contribution in [-0.4, -0.2) is 24.8 Å². The quantitative estimate of drug-likeness (QED) is 0.270. The van der Waals surface area contributed by atoms with Crippen molar-refractivity contribution in [2.24, 2.45) is 0 Å². The van der Waals surface area contributed by atoms with Gasteiger partial charge >= 0.3 is 0 Å². The number of halogens is 2. The molecule has 198 valence electrons. The molecule has 1 aliphatic rings. The maximum Gasteiger partial charge on any atom is 0.228 e. The third-order valence-electron chi connectivity index (χ3n) is 7.34. The molecule has 6 heteroatoms. The van der Waals surface area contributed by atoms with Gasteiger partial charge in [0.05, 0.1) is 11.8 Å². The van der Waals surface area contributed by atoms with Crippen molar-refractivity contribution in [1.82, 2.24) is 5.32 Å². The fourth-order valence-electron chi connectivity index (χ4n) is 5.33. The van der Waals surface area contributed by atoms with Gasteiger partial charge in [0.1, 0.15) is 17.4 Å². The highest BCUT2D eigenvalue weighted by molar-refractivity contribution is 5.96. The zero-order valence-corrected chi connectivity index (χ0v) is 21.5. The first-order chi connectivity index (χ1) is 19.0. The predicted molar refractivity (Wildman–Crippen MR) is 149 cm³/mol. The maximum absolute atomic E-state index is 14.0. The lowest BCUT2D eigenvalue weighted by molar-refractivity contribution is -0.128. The van der Waals surface area contributed by atoms with E-state index >= 15 is 0 Å². The summed E-state index contributed by atoms with van der Waals surface area (Å²) >= 11 is 0. The maximum atomic E-state index is 14.0. The van der Waals surface area contributed by atoms with Gasteiger partial charge in [0, 0.05) is 31.7 Å². The largest absolute Gasteiger partial charge is 0.371 e.